The van der Waals surface area contributed by atoms with E-state index in [1.165, 1.54) is 87.1 Å². The van der Waals surface area contributed by atoms with Crippen LogP contribution in [-0.4, -0.2) is 0 Å². The highest BCUT2D eigenvalue weighted by atomic mass is 16.3. The second kappa shape index (κ2) is 10.9. The van der Waals surface area contributed by atoms with Crippen LogP contribution in [0.1, 0.15) is 61.8 Å². The molecule has 8 aromatic rings. The Hall–Kier alpha value is -5.86. The third-order valence-corrected chi connectivity index (χ3v) is 13.9. The summed E-state index contributed by atoms with van der Waals surface area (Å²) in [6.07, 6.45) is 5.31. The minimum atomic E-state index is -0.144. The third-order valence-electron chi connectivity index (χ3n) is 13.9. The van der Waals surface area contributed by atoms with E-state index in [9.17, 15) is 0 Å². The van der Waals surface area contributed by atoms with E-state index in [-0.39, 0.29) is 10.8 Å². The highest BCUT2D eigenvalue weighted by Crippen LogP contribution is 2.66. The summed E-state index contributed by atoms with van der Waals surface area (Å²) in [6.45, 7) is 4.79. The van der Waals surface area contributed by atoms with Gasteiger partial charge in [-0.1, -0.05) is 136 Å². The lowest BCUT2D eigenvalue weighted by Crippen LogP contribution is -2.32. The predicted octanol–water partition coefficient (Wildman–Crippen LogP) is 14.1. The molecule has 260 valence electrons. The zero-order valence-electron chi connectivity index (χ0n) is 30.8. The van der Waals surface area contributed by atoms with Crippen molar-refractivity contribution in [2.75, 3.05) is 4.90 Å². The molecule has 12 rings (SSSR count). The molecule has 4 aliphatic rings. The SMILES string of the molecule is CC1(C)c2ccccc2-c2cccc(-c3ccccc3N(c3ccc4c(c3)C3(CC5CCC3C5)c3ccccc3-4)c3cccc4oc5ccccc5c34)c21. The molecular weight excluding hydrogens is 655 g/mol. The largest absolute Gasteiger partial charge is 0.456 e. The monoisotopic (exact) mass is 695 g/mol. The summed E-state index contributed by atoms with van der Waals surface area (Å²) in [5.41, 5.74) is 19.2. The van der Waals surface area contributed by atoms with Gasteiger partial charge < -0.3 is 9.32 Å². The summed E-state index contributed by atoms with van der Waals surface area (Å²) >= 11 is 0. The molecule has 4 aliphatic carbocycles. The van der Waals surface area contributed by atoms with Gasteiger partial charge in [-0.05, 0) is 118 Å². The predicted molar refractivity (Wildman–Crippen MR) is 223 cm³/mol. The van der Waals surface area contributed by atoms with E-state index in [1.54, 1.807) is 5.56 Å². The molecule has 0 N–H and O–H groups in total. The second-order valence-corrected chi connectivity index (χ2v) is 16.8. The van der Waals surface area contributed by atoms with Gasteiger partial charge in [-0.3, -0.25) is 0 Å². The first kappa shape index (κ1) is 30.6. The Balaban J connectivity index is 1.14. The number of rotatable bonds is 4. The maximum atomic E-state index is 6.55. The highest BCUT2D eigenvalue weighted by molar-refractivity contribution is 6.14. The summed E-state index contributed by atoms with van der Waals surface area (Å²) in [4.78, 5) is 2.55. The lowest BCUT2D eigenvalue weighted by Gasteiger charge is -2.37. The van der Waals surface area contributed by atoms with Gasteiger partial charge in [0.1, 0.15) is 11.2 Å². The molecule has 2 nitrogen and oxygen atoms in total. The van der Waals surface area contributed by atoms with Crippen LogP contribution in [0.5, 0.6) is 0 Å². The summed E-state index contributed by atoms with van der Waals surface area (Å²) in [7, 11) is 0. The van der Waals surface area contributed by atoms with Crippen LogP contribution in [0.25, 0.3) is 55.3 Å². The number of hydrogen-bond acceptors (Lipinski definition) is 2. The topological polar surface area (TPSA) is 16.4 Å². The van der Waals surface area contributed by atoms with Crippen molar-refractivity contribution >= 4 is 39.0 Å². The molecule has 3 unspecified atom stereocenters. The molecule has 1 heterocycles. The fraction of sp³-hybridized carbons (Fsp3) is 0.192. The minimum Gasteiger partial charge on any atom is -0.456 e. The molecule has 1 spiro atoms. The van der Waals surface area contributed by atoms with Crippen LogP contribution in [-0.2, 0) is 10.8 Å². The minimum absolute atomic E-state index is 0.0838. The number of furan rings is 1. The van der Waals surface area contributed by atoms with Gasteiger partial charge in [0.15, 0.2) is 0 Å². The first-order valence-electron chi connectivity index (χ1n) is 19.8. The number of hydrogen-bond donors (Lipinski definition) is 0. The Morgan fingerprint density at radius 2 is 1.17 bits per heavy atom. The molecule has 0 amide bonds. The summed E-state index contributed by atoms with van der Waals surface area (Å²) < 4.78 is 6.55. The summed E-state index contributed by atoms with van der Waals surface area (Å²) in [6, 6.07) is 56.8. The number of nitrogens with zero attached hydrogens (tertiary/aromatic N) is 1. The van der Waals surface area contributed by atoms with Crippen LogP contribution >= 0.6 is 0 Å². The van der Waals surface area contributed by atoms with Crippen molar-refractivity contribution in [3.8, 4) is 33.4 Å². The number of benzene rings is 7. The lowest BCUT2D eigenvalue weighted by molar-refractivity contribution is 0.327. The maximum absolute atomic E-state index is 6.55. The molecule has 3 atom stereocenters. The third kappa shape index (κ3) is 3.91. The van der Waals surface area contributed by atoms with Crippen LogP contribution in [0, 0.1) is 11.8 Å². The van der Waals surface area contributed by atoms with Gasteiger partial charge in [0.25, 0.3) is 0 Å². The van der Waals surface area contributed by atoms with E-state index < -0.39 is 0 Å². The highest BCUT2D eigenvalue weighted by Gasteiger charge is 2.56. The van der Waals surface area contributed by atoms with Crippen molar-refractivity contribution in [3.63, 3.8) is 0 Å². The van der Waals surface area contributed by atoms with Crippen molar-refractivity contribution in [2.24, 2.45) is 11.8 Å². The van der Waals surface area contributed by atoms with E-state index in [2.05, 4.69) is 170 Å². The Kier molecular flexibility index (Phi) is 6.15. The Labute approximate surface area is 316 Å². The molecule has 2 heteroatoms. The first-order valence-corrected chi connectivity index (χ1v) is 19.8. The molecule has 2 bridgehead atoms. The average molecular weight is 696 g/mol. The fourth-order valence-corrected chi connectivity index (χ4v) is 11.8. The van der Waals surface area contributed by atoms with Crippen LogP contribution < -0.4 is 4.90 Å². The number of fused-ring (bicyclic) bond motifs is 14. The van der Waals surface area contributed by atoms with E-state index >= 15 is 0 Å². The van der Waals surface area contributed by atoms with Gasteiger partial charge in [-0.2, -0.15) is 0 Å². The van der Waals surface area contributed by atoms with Crippen LogP contribution in [0.15, 0.2) is 156 Å². The second-order valence-electron chi connectivity index (χ2n) is 16.8. The molecule has 2 saturated carbocycles. The Morgan fingerprint density at radius 3 is 1.98 bits per heavy atom. The number of para-hydroxylation sites is 2. The van der Waals surface area contributed by atoms with Crippen molar-refractivity contribution in [1.82, 2.24) is 0 Å². The first-order chi connectivity index (χ1) is 26.5. The smallest absolute Gasteiger partial charge is 0.137 e. The van der Waals surface area contributed by atoms with Crippen molar-refractivity contribution in [2.45, 2.75) is 50.4 Å². The van der Waals surface area contributed by atoms with Crippen molar-refractivity contribution < 1.29 is 4.42 Å². The lowest BCUT2D eigenvalue weighted by atomic mass is 9.67. The molecular formula is C52H41NO. The van der Waals surface area contributed by atoms with Gasteiger partial charge in [0.05, 0.1) is 16.8 Å². The van der Waals surface area contributed by atoms with Gasteiger partial charge in [0.2, 0.25) is 0 Å². The van der Waals surface area contributed by atoms with Gasteiger partial charge in [0, 0.05) is 27.5 Å². The zero-order valence-corrected chi connectivity index (χ0v) is 30.8. The van der Waals surface area contributed by atoms with Crippen LogP contribution in [0.2, 0.25) is 0 Å². The quantitative estimate of drug-likeness (QED) is 0.182. The van der Waals surface area contributed by atoms with E-state index in [4.69, 9.17) is 4.42 Å². The van der Waals surface area contributed by atoms with Crippen LogP contribution in [0.3, 0.4) is 0 Å². The van der Waals surface area contributed by atoms with Crippen molar-refractivity contribution in [3.05, 3.63) is 174 Å². The summed E-state index contributed by atoms with van der Waals surface area (Å²) in [5.74, 6) is 1.51. The standard InChI is InChI=1S/C52H41NO/c1-51(2)42-19-7-3-14-36(42)39-17-11-18-40(50(39)51)38-15-5-9-21-45(38)53(46-22-12-24-48-49(46)41-16-6-10-23-47(41)54-48)34-27-28-37-35-13-4-8-20-43(35)52(44(37)30-34)31-32-25-26-33(52)29-32/h3-24,27-28,30,32-33H,25-26,29,31H2,1-2H3. The van der Waals surface area contributed by atoms with Crippen molar-refractivity contribution in [1.29, 1.82) is 0 Å². The molecule has 0 aliphatic heterocycles. The van der Waals surface area contributed by atoms with Crippen LogP contribution in [0.4, 0.5) is 17.1 Å². The normalized spacial score (nSPS) is 21.1. The summed E-state index contributed by atoms with van der Waals surface area (Å²) in [5, 5.41) is 2.29. The molecule has 0 saturated heterocycles. The number of anilines is 3. The van der Waals surface area contributed by atoms with E-state index in [0.717, 1.165) is 33.5 Å². The molecule has 0 radical (unpaired) electrons. The Morgan fingerprint density at radius 1 is 0.537 bits per heavy atom. The molecule has 1 aromatic heterocycles. The zero-order chi connectivity index (χ0) is 35.8. The molecule has 2 fully saturated rings. The van der Waals surface area contributed by atoms with Gasteiger partial charge in [-0.15, -0.1) is 0 Å². The van der Waals surface area contributed by atoms with Gasteiger partial charge in [-0.25, -0.2) is 0 Å². The van der Waals surface area contributed by atoms with E-state index in [0.29, 0.717) is 5.92 Å². The van der Waals surface area contributed by atoms with Gasteiger partial charge >= 0.3 is 0 Å². The Bertz CT molecular complexity index is 2860. The van der Waals surface area contributed by atoms with E-state index in [1.807, 2.05) is 0 Å². The fourth-order valence-electron chi connectivity index (χ4n) is 11.8. The molecule has 54 heavy (non-hydrogen) atoms. The average Bonchev–Trinajstić information content (AvgIpc) is 4.03. The molecule has 7 aromatic carbocycles. The maximum Gasteiger partial charge on any atom is 0.137 e.